The minimum absolute atomic E-state index is 0.0918. The molecule has 0 aliphatic carbocycles. The van der Waals surface area contributed by atoms with Gasteiger partial charge in [-0.05, 0) is 18.9 Å². The van der Waals surface area contributed by atoms with Crippen LogP contribution in [0.5, 0.6) is 0 Å². The second-order valence-corrected chi connectivity index (χ2v) is 4.16. The van der Waals surface area contributed by atoms with Crippen LogP contribution >= 0.6 is 0 Å². The number of aliphatic hydroxyl groups is 1. The maximum absolute atomic E-state index is 13.6. The molecule has 0 aliphatic heterocycles. The molecule has 0 spiro atoms. The van der Waals surface area contributed by atoms with E-state index < -0.39 is 17.7 Å². The zero-order valence-electron chi connectivity index (χ0n) is 11.1. The van der Waals surface area contributed by atoms with Crippen molar-refractivity contribution in [2.45, 2.75) is 32.7 Å². The topological polar surface area (TPSA) is 53.4 Å². The van der Waals surface area contributed by atoms with E-state index in [-0.39, 0.29) is 24.8 Å². The Morgan fingerprint density at radius 1 is 1.42 bits per heavy atom. The number of pyridine rings is 1. The summed E-state index contributed by atoms with van der Waals surface area (Å²) in [5.41, 5.74) is -0.354. The number of hydrogen-bond donors (Lipinski definition) is 1. The minimum Gasteiger partial charge on any atom is -0.395 e. The van der Waals surface area contributed by atoms with E-state index in [2.05, 4.69) is 4.98 Å². The molecule has 0 atom stereocenters. The molecule has 19 heavy (non-hydrogen) atoms. The molecule has 1 amide bonds. The average molecular weight is 272 g/mol. The van der Waals surface area contributed by atoms with Crippen molar-refractivity contribution in [1.29, 1.82) is 0 Å². The summed E-state index contributed by atoms with van der Waals surface area (Å²) in [6, 6.07) is 1.03. The van der Waals surface area contributed by atoms with Crippen LogP contribution in [0.4, 0.5) is 8.78 Å². The van der Waals surface area contributed by atoms with Crippen molar-refractivity contribution in [2.24, 2.45) is 0 Å². The van der Waals surface area contributed by atoms with Gasteiger partial charge < -0.3 is 10.0 Å². The molecule has 0 radical (unpaired) electrons. The molecule has 4 nitrogen and oxygen atoms in total. The van der Waals surface area contributed by atoms with Crippen LogP contribution in [0.1, 0.15) is 37.0 Å². The summed E-state index contributed by atoms with van der Waals surface area (Å²) in [6.07, 6.45) is 2.41. The molecule has 0 bridgehead atoms. The van der Waals surface area contributed by atoms with Gasteiger partial charge in [-0.1, -0.05) is 13.8 Å². The molecule has 1 rings (SSSR count). The first kappa shape index (κ1) is 15.5. The van der Waals surface area contributed by atoms with Gasteiger partial charge >= 0.3 is 0 Å². The molecule has 0 saturated carbocycles. The Balaban J connectivity index is 3.08. The number of rotatable bonds is 6. The van der Waals surface area contributed by atoms with Gasteiger partial charge in [0.25, 0.3) is 5.91 Å². The molecule has 1 aromatic heterocycles. The number of aliphatic hydroxyl groups excluding tert-OH is 1. The maximum Gasteiger partial charge on any atom is 0.257 e. The van der Waals surface area contributed by atoms with Crippen molar-refractivity contribution in [3.63, 3.8) is 0 Å². The number of hydrogen-bond acceptors (Lipinski definition) is 3. The Kier molecular flexibility index (Phi) is 5.82. The molecular formula is C13H18F2N2O2. The van der Waals surface area contributed by atoms with Gasteiger partial charge in [-0.3, -0.25) is 4.79 Å². The first-order valence-electron chi connectivity index (χ1n) is 6.28. The predicted molar refractivity (Wildman–Crippen MR) is 66.6 cm³/mol. The zero-order valence-corrected chi connectivity index (χ0v) is 11.1. The van der Waals surface area contributed by atoms with Crippen LogP contribution in [0.2, 0.25) is 0 Å². The highest BCUT2D eigenvalue weighted by Gasteiger charge is 2.25. The van der Waals surface area contributed by atoms with Gasteiger partial charge in [0.15, 0.2) is 5.82 Å². The highest BCUT2D eigenvalue weighted by Crippen LogP contribution is 2.16. The third-order valence-electron chi connectivity index (χ3n) is 3.06. The lowest BCUT2D eigenvalue weighted by molar-refractivity contribution is 0.0616. The summed E-state index contributed by atoms with van der Waals surface area (Å²) in [6.45, 7) is 3.66. The van der Waals surface area contributed by atoms with Crippen molar-refractivity contribution in [3.8, 4) is 0 Å². The van der Waals surface area contributed by atoms with Crippen molar-refractivity contribution in [2.75, 3.05) is 13.2 Å². The third kappa shape index (κ3) is 3.47. The van der Waals surface area contributed by atoms with E-state index in [4.69, 9.17) is 5.11 Å². The van der Waals surface area contributed by atoms with Gasteiger partial charge in [0.05, 0.1) is 12.2 Å². The van der Waals surface area contributed by atoms with Crippen LogP contribution in [-0.2, 0) is 0 Å². The fourth-order valence-electron chi connectivity index (χ4n) is 2.03. The SMILES string of the molecule is CCC(CC)N(CCO)C(=O)c1ccnc(F)c1F. The van der Waals surface area contributed by atoms with E-state index in [0.717, 1.165) is 12.3 Å². The number of halogens is 2. The van der Waals surface area contributed by atoms with Crippen molar-refractivity contribution in [3.05, 3.63) is 29.6 Å². The maximum atomic E-state index is 13.6. The fraction of sp³-hybridized carbons (Fsp3) is 0.538. The summed E-state index contributed by atoms with van der Waals surface area (Å²) in [7, 11) is 0. The lowest BCUT2D eigenvalue weighted by Crippen LogP contribution is -2.42. The van der Waals surface area contributed by atoms with Crippen LogP contribution in [-0.4, -0.2) is 40.1 Å². The number of amides is 1. The molecule has 1 N–H and O–H groups in total. The van der Waals surface area contributed by atoms with Gasteiger partial charge in [0.1, 0.15) is 0 Å². The second-order valence-electron chi connectivity index (χ2n) is 4.16. The monoisotopic (exact) mass is 272 g/mol. The number of nitrogens with zero attached hydrogens (tertiary/aromatic N) is 2. The fourth-order valence-corrected chi connectivity index (χ4v) is 2.03. The third-order valence-corrected chi connectivity index (χ3v) is 3.06. The lowest BCUT2D eigenvalue weighted by atomic mass is 10.1. The molecule has 0 aliphatic rings. The van der Waals surface area contributed by atoms with Crippen molar-refractivity contribution >= 4 is 5.91 Å². The molecule has 0 fully saturated rings. The highest BCUT2D eigenvalue weighted by molar-refractivity contribution is 5.94. The summed E-state index contributed by atoms with van der Waals surface area (Å²) in [4.78, 5) is 16.8. The summed E-state index contributed by atoms with van der Waals surface area (Å²) < 4.78 is 26.6. The van der Waals surface area contributed by atoms with Crippen molar-refractivity contribution in [1.82, 2.24) is 9.88 Å². The molecule has 1 heterocycles. The first-order valence-corrected chi connectivity index (χ1v) is 6.28. The average Bonchev–Trinajstić information content (AvgIpc) is 2.41. The Bertz CT molecular complexity index is 437. The molecule has 6 heteroatoms. The van der Waals surface area contributed by atoms with Gasteiger partial charge in [-0.2, -0.15) is 4.39 Å². The summed E-state index contributed by atoms with van der Waals surface area (Å²) in [5.74, 6) is -3.16. The molecular weight excluding hydrogens is 254 g/mol. The predicted octanol–water partition coefficient (Wildman–Crippen LogP) is 1.98. The largest absolute Gasteiger partial charge is 0.395 e. The van der Waals surface area contributed by atoms with E-state index >= 15 is 0 Å². The molecule has 106 valence electrons. The number of aromatic nitrogens is 1. The summed E-state index contributed by atoms with van der Waals surface area (Å²) >= 11 is 0. The van der Waals surface area contributed by atoms with E-state index in [1.54, 1.807) is 0 Å². The minimum atomic E-state index is -1.29. The Labute approximate surface area is 111 Å². The van der Waals surface area contributed by atoms with Crippen LogP contribution in [0.25, 0.3) is 0 Å². The standard InChI is InChI=1S/C13H18F2N2O2/c1-3-9(4-2)17(7-8-18)13(19)10-5-6-16-12(15)11(10)14/h5-6,9,18H,3-4,7-8H2,1-2H3. The van der Waals surface area contributed by atoms with E-state index in [1.165, 1.54) is 4.90 Å². The van der Waals surface area contributed by atoms with Gasteiger partial charge in [0.2, 0.25) is 5.95 Å². The van der Waals surface area contributed by atoms with Crippen LogP contribution in [0, 0.1) is 11.8 Å². The molecule has 0 aromatic carbocycles. The van der Waals surface area contributed by atoms with Crippen LogP contribution < -0.4 is 0 Å². The second kappa shape index (κ2) is 7.13. The van der Waals surface area contributed by atoms with E-state index in [9.17, 15) is 13.6 Å². The Morgan fingerprint density at radius 3 is 2.58 bits per heavy atom. The number of carbonyl (C=O) groups excluding carboxylic acids is 1. The molecule has 1 aromatic rings. The smallest absolute Gasteiger partial charge is 0.257 e. The zero-order chi connectivity index (χ0) is 14.4. The molecule has 0 saturated heterocycles. The van der Waals surface area contributed by atoms with Gasteiger partial charge in [-0.15, -0.1) is 0 Å². The van der Waals surface area contributed by atoms with Crippen molar-refractivity contribution < 1.29 is 18.7 Å². The highest BCUT2D eigenvalue weighted by atomic mass is 19.2. The van der Waals surface area contributed by atoms with Gasteiger partial charge in [0, 0.05) is 18.8 Å². The summed E-state index contributed by atoms with van der Waals surface area (Å²) in [5, 5.41) is 9.02. The molecule has 0 unspecified atom stereocenters. The van der Waals surface area contributed by atoms with Crippen LogP contribution in [0.3, 0.4) is 0 Å². The Morgan fingerprint density at radius 2 is 2.05 bits per heavy atom. The Hall–Kier alpha value is -1.56. The van der Waals surface area contributed by atoms with E-state index in [0.29, 0.717) is 12.8 Å². The van der Waals surface area contributed by atoms with Crippen LogP contribution in [0.15, 0.2) is 12.3 Å². The normalized spacial score (nSPS) is 10.8. The first-order chi connectivity index (χ1) is 9.06. The van der Waals surface area contributed by atoms with Gasteiger partial charge in [-0.25, -0.2) is 9.37 Å². The number of carbonyl (C=O) groups is 1. The lowest BCUT2D eigenvalue weighted by Gasteiger charge is -2.30. The quantitative estimate of drug-likeness (QED) is 0.806. The van der Waals surface area contributed by atoms with E-state index in [1.807, 2.05) is 13.8 Å².